The molecule has 0 aromatic heterocycles. The Balaban J connectivity index is 3.26. The minimum absolute atomic E-state index is 0.0966. The van der Waals surface area contributed by atoms with Crippen molar-refractivity contribution in [2.45, 2.75) is 20.8 Å². The van der Waals surface area contributed by atoms with Gasteiger partial charge in [-0.15, -0.1) is 0 Å². The number of para-hydroxylation sites is 2. The van der Waals surface area contributed by atoms with Crippen LogP contribution in [-0.4, -0.2) is 28.5 Å². The molecule has 0 saturated carbocycles. The summed E-state index contributed by atoms with van der Waals surface area (Å²) < 4.78 is 0. The number of aliphatic carboxylic acids is 1. The van der Waals surface area contributed by atoms with Gasteiger partial charge in [-0.2, -0.15) is 0 Å². The predicted octanol–water partition coefficient (Wildman–Crippen LogP) is 2.06. The van der Waals surface area contributed by atoms with Crippen molar-refractivity contribution in [3.63, 3.8) is 0 Å². The Hall–Kier alpha value is -2.44. The van der Waals surface area contributed by atoms with Crippen molar-refractivity contribution in [1.82, 2.24) is 0 Å². The summed E-state index contributed by atoms with van der Waals surface area (Å²) in [5.74, 6) is -1.53. The van der Waals surface area contributed by atoms with E-state index in [2.05, 4.69) is 0 Å². The quantitative estimate of drug-likeness (QED) is 0.657. The van der Waals surface area contributed by atoms with Crippen LogP contribution in [0, 0.1) is 15.5 Å². The number of carbonyl (C=O) groups is 2. The number of carboxylic acid groups (broad SMARTS) is 1. The van der Waals surface area contributed by atoms with Crippen LogP contribution in [0.25, 0.3) is 0 Å². The maximum Gasteiger partial charge on any atom is 0.310 e. The van der Waals surface area contributed by atoms with E-state index in [0.717, 1.165) is 4.90 Å². The first kappa shape index (κ1) is 15.6. The fraction of sp³-hybridized carbons (Fsp3) is 0.385. The van der Waals surface area contributed by atoms with Crippen molar-refractivity contribution in [2.75, 3.05) is 11.4 Å². The van der Waals surface area contributed by atoms with Crippen LogP contribution in [0.1, 0.15) is 20.8 Å². The Bertz CT molecular complexity index is 553. The molecule has 7 nitrogen and oxygen atoms in total. The van der Waals surface area contributed by atoms with Crippen molar-refractivity contribution in [1.29, 1.82) is 0 Å². The van der Waals surface area contributed by atoms with E-state index in [-0.39, 0.29) is 17.9 Å². The Kier molecular flexibility index (Phi) is 4.44. The zero-order valence-electron chi connectivity index (χ0n) is 11.5. The number of anilines is 1. The molecule has 0 heterocycles. The molecular formula is C13H16N2O5. The van der Waals surface area contributed by atoms with Gasteiger partial charge in [0.15, 0.2) is 0 Å². The van der Waals surface area contributed by atoms with Crippen LogP contribution in [-0.2, 0) is 9.59 Å². The van der Waals surface area contributed by atoms with Gasteiger partial charge in [0.05, 0.1) is 10.3 Å². The molecule has 0 spiro atoms. The van der Waals surface area contributed by atoms with Crippen molar-refractivity contribution in [3.8, 4) is 0 Å². The van der Waals surface area contributed by atoms with E-state index < -0.39 is 22.2 Å². The van der Waals surface area contributed by atoms with Crippen molar-refractivity contribution in [2.24, 2.45) is 5.41 Å². The second kappa shape index (κ2) is 5.68. The van der Waals surface area contributed by atoms with E-state index in [1.165, 1.54) is 39.0 Å². The Labute approximate surface area is 116 Å². The van der Waals surface area contributed by atoms with Crippen LogP contribution < -0.4 is 4.90 Å². The number of carboxylic acids is 1. The van der Waals surface area contributed by atoms with Gasteiger partial charge in [-0.25, -0.2) is 0 Å². The molecule has 0 aliphatic carbocycles. The average molecular weight is 280 g/mol. The molecule has 1 N–H and O–H groups in total. The highest BCUT2D eigenvalue weighted by Gasteiger charge is 2.33. The minimum atomic E-state index is -1.21. The lowest BCUT2D eigenvalue weighted by Crippen LogP contribution is -2.42. The van der Waals surface area contributed by atoms with Crippen molar-refractivity contribution < 1.29 is 19.6 Å². The topological polar surface area (TPSA) is 101 Å². The molecule has 1 aromatic carbocycles. The molecule has 0 unspecified atom stereocenters. The van der Waals surface area contributed by atoms with Gasteiger partial charge in [0.2, 0.25) is 5.91 Å². The number of rotatable bonds is 5. The van der Waals surface area contributed by atoms with E-state index in [1.54, 1.807) is 6.07 Å². The lowest BCUT2D eigenvalue weighted by molar-refractivity contribution is -0.384. The van der Waals surface area contributed by atoms with Gasteiger partial charge in [0.25, 0.3) is 5.69 Å². The highest BCUT2D eigenvalue weighted by Crippen LogP contribution is 2.30. The lowest BCUT2D eigenvalue weighted by Gasteiger charge is -2.28. The lowest BCUT2D eigenvalue weighted by atomic mass is 9.92. The Morgan fingerprint density at radius 1 is 1.35 bits per heavy atom. The minimum Gasteiger partial charge on any atom is -0.481 e. The number of amides is 1. The molecule has 0 atom stereocenters. The number of nitro groups is 1. The molecule has 20 heavy (non-hydrogen) atoms. The number of benzene rings is 1. The summed E-state index contributed by atoms with van der Waals surface area (Å²) in [7, 11) is 0. The highest BCUT2D eigenvalue weighted by molar-refractivity contribution is 5.95. The van der Waals surface area contributed by atoms with E-state index in [9.17, 15) is 19.7 Å². The molecule has 0 aliphatic rings. The van der Waals surface area contributed by atoms with Gasteiger partial charge >= 0.3 is 5.97 Å². The summed E-state index contributed by atoms with van der Waals surface area (Å²) in [6, 6.07) is 5.75. The van der Waals surface area contributed by atoms with Crippen molar-refractivity contribution >= 4 is 23.3 Å². The second-order valence-electron chi connectivity index (χ2n) is 5.04. The molecule has 7 heteroatoms. The summed E-state index contributed by atoms with van der Waals surface area (Å²) in [6.45, 7) is 4.01. The first-order chi connectivity index (χ1) is 9.16. The van der Waals surface area contributed by atoms with Crippen molar-refractivity contribution in [3.05, 3.63) is 34.4 Å². The number of hydrogen-bond donors (Lipinski definition) is 1. The zero-order valence-corrected chi connectivity index (χ0v) is 11.5. The van der Waals surface area contributed by atoms with Gasteiger partial charge < -0.3 is 10.0 Å². The number of nitro benzene ring substituents is 1. The smallest absolute Gasteiger partial charge is 0.310 e. The third-order valence-corrected chi connectivity index (χ3v) is 2.88. The molecule has 0 fully saturated rings. The molecule has 0 radical (unpaired) electrons. The van der Waals surface area contributed by atoms with E-state index >= 15 is 0 Å². The van der Waals surface area contributed by atoms with Gasteiger partial charge in [0.1, 0.15) is 5.69 Å². The van der Waals surface area contributed by atoms with Crippen LogP contribution in [0.5, 0.6) is 0 Å². The monoisotopic (exact) mass is 280 g/mol. The Morgan fingerprint density at radius 2 is 1.90 bits per heavy atom. The largest absolute Gasteiger partial charge is 0.481 e. The summed E-state index contributed by atoms with van der Waals surface area (Å²) in [6.07, 6.45) is 0. The average Bonchev–Trinajstić information content (AvgIpc) is 2.35. The molecular weight excluding hydrogens is 264 g/mol. The van der Waals surface area contributed by atoms with Gasteiger partial charge in [-0.1, -0.05) is 12.1 Å². The summed E-state index contributed by atoms with van der Waals surface area (Å²) in [5.41, 5.74) is -1.35. The normalized spacial score (nSPS) is 10.9. The standard InChI is InChI=1S/C13H16N2O5/c1-9(16)14(8-13(2,3)12(17)18)10-6-4-5-7-11(10)15(19)20/h4-7H,8H2,1-3H3,(H,17,18). The van der Waals surface area contributed by atoms with E-state index in [1.807, 2.05) is 0 Å². The first-order valence-corrected chi connectivity index (χ1v) is 5.91. The molecule has 108 valence electrons. The molecule has 1 rings (SSSR count). The maximum atomic E-state index is 11.7. The number of carbonyl (C=O) groups excluding carboxylic acids is 1. The maximum absolute atomic E-state index is 11.7. The van der Waals surface area contributed by atoms with Gasteiger partial charge in [0, 0.05) is 19.5 Å². The Morgan fingerprint density at radius 3 is 2.35 bits per heavy atom. The zero-order chi connectivity index (χ0) is 15.5. The van der Waals surface area contributed by atoms with E-state index in [0.29, 0.717) is 0 Å². The van der Waals surface area contributed by atoms with E-state index in [4.69, 9.17) is 5.11 Å². The predicted molar refractivity (Wildman–Crippen MR) is 72.5 cm³/mol. The third kappa shape index (κ3) is 3.31. The van der Waals surface area contributed by atoms with Gasteiger partial charge in [-0.05, 0) is 19.9 Å². The summed E-state index contributed by atoms with van der Waals surface area (Å²) >= 11 is 0. The van der Waals surface area contributed by atoms with Crippen LogP contribution in [0.4, 0.5) is 11.4 Å². The summed E-state index contributed by atoms with van der Waals surface area (Å²) in [4.78, 5) is 34.4. The molecule has 0 bridgehead atoms. The third-order valence-electron chi connectivity index (χ3n) is 2.88. The fourth-order valence-electron chi connectivity index (χ4n) is 1.68. The molecule has 1 amide bonds. The molecule has 1 aromatic rings. The van der Waals surface area contributed by atoms with Crippen LogP contribution >= 0.6 is 0 Å². The fourth-order valence-corrected chi connectivity index (χ4v) is 1.68. The van der Waals surface area contributed by atoms with Gasteiger partial charge in [-0.3, -0.25) is 19.7 Å². The molecule has 0 aliphatic heterocycles. The SMILES string of the molecule is CC(=O)N(CC(C)(C)C(=O)O)c1ccccc1[N+](=O)[O-]. The number of nitrogens with zero attached hydrogens (tertiary/aromatic N) is 2. The first-order valence-electron chi connectivity index (χ1n) is 5.91. The second-order valence-corrected chi connectivity index (χ2v) is 5.04. The van der Waals surface area contributed by atoms with Crippen LogP contribution in [0.3, 0.4) is 0 Å². The molecule has 0 saturated heterocycles. The summed E-state index contributed by atoms with van der Waals surface area (Å²) in [5, 5.41) is 20.1. The van der Waals surface area contributed by atoms with Crippen LogP contribution in [0.2, 0.25) is 0 Å². The highest BCUT2D eigenvalue weighted by atomic mass is 16.6. The van der Waals surface area contributed by atoms with Crippen LogP contribution in [0.15, 0.2) is 24.3 Å². The number of hydrogen-bond acceptors (Lipinski definition) is 4.